The van der Waals surface area contributed by atoms with Gasteiger partial charge in [0.1, 0.15) is 18.1 Å². The average molecular weight is 464 g/mol. The number of carbonyl (C=O) groups excluding carboxylic acids is 1. The molecule has 4 aromatic rings. The molecule has 178 valence electrons. The zero-order chi connectivity index (χ0) is 24.2. The van der Waals surface area contributed by atoms with Gasteiger partial charge in [0.05, 0.1) is 29.4 Å². The molecule has 0 saturated heterocycles. The van der Waals surface area contributed by atoms with Crippen molar-refractivity contribution in [1.82, 2.24) is 25.1 Å². The van der Waals surface area contributed by atoms with E-state index >= 15 is 0 Å². The molecular formula is C25H29N5O4. The topological polar surface area (TPSA) is 104 Å². The summed E-state index contributed by atoms with van der Waals surface area (Å²) in [7, 11) is 1.62. The summed E-state index contributed by atoms with van der Waals surface area (Å²) in [6.07, 6.45) is 3.38. The molecule has 1 N–H and O–H groups in total. The van der Waals surface area contributed by atoms with Crippen molar-refractivity contribution in [1.29, 1.82) is 0 Å². The van der Waals surface area contributed by atoms with Gasteiger partial charge in [-0.1, -0.05) is 6.07 Å². The Hall–Kier alpha value is -3.72. The Kier molecular flexibility index (Phi) is 6.93. The van der Waals surface area contributed by atoms with Crippen molar-refractivity contribution in [2.24, 2.45) is 0 Å². The van der Waals surface area contributed by atoms with Crippen LogP contribution in [0.4, 0.5) is 0 Å². The van der Waals surface area contributed by atoms with Crippen molar-refractivity contribution in [2.45, 2.75) is 40.3 Å². The van der Waals surface area contributed by atoms with E-state index in [4.69, 9.17) is 18.9 Å². The SMILES string of the molecule is COCCOc1ccc(CNC(=O)c2cc(-c3cc(C)oc3C)nc3c2cnn3C(C)C)cn1. The van der Waals surface area contributed by atoms with Crippen LogP contribution in [0.1, 0.15) is 47.3 Å². The second-order valence-corrected chi connectivity index (χ2v) is 8.33. The molecule has 0 unspecified atom stereocenters. The highest BCUT2D eigenvalue weighted by Crippen LogP contribution is 2.30. The van der Waals surface area contributed by atoms with Crippen LogP contribution in [-0.2, 0) is 11.3 Å². The standard InChI is InChI=1S/C25H29N5O4/c1-15(2)30-24-21(14-28-30)20(11-22(29-24)19-10-16(3)34-17(19)4)25(31)27-13-18-6-7-23(26-12-18)33-9-8-32-5/h6-7,10-12,14-15H,8-9,13H2,1-5H3,(H,27,31). The molecule has 0 spiro atoms. The Balaban J connectivity index is 1.60. The van der Waals surface area contributed by atoms with E-state index in [9.17, 15) is 4.79 Å². The number of fused-ring (bicyclic) bond motifs is 1. The Bertz CT molecular complexity index is 1290. The van der Waals surface area contributed by atoms with Crippen molar-refractivity contribution in [3.05, 3.63) is 59.3 Å². The highest BCUT2D eigenvalue weighted by molar-refractivity contribution is 6.06. The largest absolute Gasteiger partial charge is 0.475 e. The number of nitrogens with one attached hydrogen (secondary N) is 1. The highest BCUT2D eigenvalue weighted by atomic mass is 16.5. The van der Waals surface area contributed by atoms with Crippen LogP contribution in [0.15, 0.2) is 41.1 Å². The molecule has 0 aliphatic carbocycles. The molecule has 0 aliphatic rings. The maximum absolute atomic E-state index is 13.3. The normalized spacial score (nSPS) is 11.4. The minimum atomic E-state index is -0.213. The van der Waals surface area contributed by atoms with E-state index in [0.717, 1.165) is 22.6 Å². The summed E-state index contributed by atoms with van der Waals surface area (Å²) in [6.45, 7) is 9.09. The second kappa shape index (κ2) is 10.0. The van der Waals surface area contributed by atoms with Gasteiger partial charge in [-0.3, -0.25) is 4.79 Å². The number of aryl methyl sites for hydroxylation is 2. The molecule has 0 radical (unpaired) electrons. The molecular weight excluding hydrogens is 434 g/mol. The molecule has 0 bridgehead atoms. The molecule has 9 heteroatoms. The van der Waals surface area contributed by atoms with Gasteiger partial charge in [-0.2, -0.15) is 5.10 Å². The zero-order valence-corrected chi connectivity index (χ0v) is 20.1. The highest BCUT2D eigenvalue weighted by Gasteiger charge is 2.20. The molecule has 4 aromatic heterocycles. The third-order valence-electron chi connectivity index (χ3n) is 5.41. The monoisotopic (exact) mass is 463 g/mol. The van der Waals surface area contributed by atoms with Crippen LogP contribution in [0.25, 0.3) is 22.3 Å². The van der Waals surface area contributed by atoms with Crippen molar-refractivity contribution >= 4 is 16.9 Å². The van der Waals surface area contributed by atoms with Crippen LogP contribution >= 0.6 is 0 Å². The van der Waals surface area contributed by atoms with E-state index in [1.54, 1.807) is 31.6 Å². The molecule has 0 saturated carbocycles. The van der Waals surface area contributed by atoms with Gasteiger partial charge < -0.3 is 19.2 Å². The Morgan fingerprint density at radius 2 is 2.00 bits per heavy atom. The van der Waals surface area contributed by atoms with E-state index < -0.39 is 0 Å². The van der Waals surface area contributed by atoms with Gasteiger partial charge in [-0.05, 0) is 45.4 Å². The summed E-state index contributed by atoms with van der Waals surface area (Å²) in [5, 5.41) is 8.17. The second-order valence-electron chi connectivity index (χ2n) is 8.33. The number of amides is 1. The predicted molar refractivity (Wildman–Crippen MR) is 128 cm³/mol. The predicted octanol–water partition coefficient (Wildman–Crippen LogP) is 4.24. The van der Waals surface area contributed by atoms with Crippen molar-refractivity contribution < 1.29 is 18.7 Å². The number of rotatable bonds is 9. The van der Waals surface area contributed by atoms with Crippen molar-refractivity contribution in [2.75, 3.05) is 20.3 Å². The van der Waals surface area contributed by atoms with Crippen LogP contribution in [0.2, 0.25) is 0 Å². The number of hydrogen-bond donors (Lipinski definition) is 1. The van der Waals surface area contributed by atoms with Crippen LogP contribution < -0.4 is 10.1 Å². The third-order valence-corrected chi connectivity index (χ3v) is 5.41. The van der Waals surface area contributed by atoms with Crippen molar-refractivity contribution in [3.63, 3.8) is 0 Å². The first-order valence-electron chi connectivity index (χ1n) is 11.2. The number of pyridine rings is 2. The fourth-order valence-electron chi connectivity index (χ4n) is 3.71. The summed E-state index contributed by atoms with van der Waals surface area (Å²) >= 11 is 0. The lowest BCUT2D eigenvalue weighted by Gasteiger charge is -2.11. The molecule has 34 heavy (non-hydrogen) atoms. The molecule has 1 amide bonds. The van der Waals surface area contributed by atoms with Gasteiger partial charge in [0, 0.05) is 37.5 Å². The van der Waals surface area contributed by atoms with Gasteiger partial charge >= 0.3 is 0 Å². The number of aromatic nitrogens is 4. The molecule has 4 rings (SSSR count). The van der Waals surface area contributed by atoms with Crippen LogP contribution in [0, 0.1) is 13.8 Å². The minimum absolute atomic E-state index is 0.0963. The van der Waals surface area contributed by atoms with Gasteiger partial charge in [-0.15, -0.1) is 0 Å². The lowest BCUT2D eigenvalue weighted by Crippen LogP contribution is -2.23. The summed E-state index contributed by atoms with van der Waals surface area (Å²) in [5.41, 5.74) is 3.57. The van der Waals surface area contributed by atoms with Gasteiger partial charge in [0.2, 0.25) is 5.88 Å². The Morgan fingerprint density at radius 3 is 2.65 bits per heavy atom. The summed E-state index contributed by atoms with van der Waals surface area (Å²) in [4.78, 5) is 22.4. The number of hydrogen-bond acceptors (Lipinski definition) is 7. The molecule has 4 heterocycles. The van der Waals surface area contributed by atoms with Crippen molar-refractivity contribution in [3.8, 4) is 17.1 Å². The van der Waals surface area contributed by atoms with Crippen LogP contribution in [0.5, 0.6) is 5.88 Å². The zero-order valence-electron chi connectivity index (χ0n) is 20.1. The van der Waals surface area contributed by atoms with E-state index in [2.05, 4.69) is 15.4 Å². The molecule has 0 aliphatic heterocycles. The van der Waals surface area contributed by atoms with E-state index in [1.807, 2.05) is 44.5 Å². The molecule has 0 aromatic carbocycles. The van der Waals surface area contributed by atoms with E-state index in [1.165, 1.54) is 0 Å². The fraction of sp³-hybridized carbons (Fsp3) is 0.360. The summed E-state index contributed by atoms with van der Waals surface area (Å²) in [6, 6.07) is 7.47. The van der Waals surface area contributed by atoms with E-state index in [0.29, 0.717) is 47.9 Å². The number of methoxy groups -OCH3 is 1. The average Bonchev–Trinajstić information content (AvgIpc) is 3.40. The number of nitrogens with zero attached hydrogens (tertiary/aromatic N) is 4. The summed E-state index contributed by atoms with van der Waals surface area (Å²) < 4.78 is 18.0. The molecule has 0 atom stereocenters. The maximum Gasteiger partial charge on any atom is 0.252 e. The quantitative estimate of drug-likeness (QED) is 0.370. The first-order valence-corrected chi connectivity index (χ1v) is 11.2. The summed E-state index contributed by atoms with van der Waals surface area (Å²) in [5.74, 6) is 1.85. The smallest absolute Gasteiger partial charge is 0.252 e. The Labute approximate surface area is 198 Å². The Morgan fingerprint density at radius 1 is 1.18 bits per heavy atom. The number of furan rings is 1. The maximum atomic E-state index is 13.3. The van der Waals surface area contributed by atoms with Crippen LogP contribution in [0.3, 0.4) is 0 Å². The molecule has 0 fully saturated rings. The first-order chi connectivity index (χ1) is 16.4. The first kappa shape index (κ1) is 23.4. The lowest BCUT2D eigenvalue weighted by atomic mass is 10.1. The van der Waals surface area contributed by atoms with Gasteiger partial charge in [-0.25, -0.2) is 14.6 Å². The van der Waals surface area contributed by atoms with Gasteiger partial charge in [0.25, 0.3) is 5.91 Å². The van der Waals surface area contributed by atoms with Crippen LogP contribution in [-0.4, -0.2) is 46.0 Å². The number of ether oxygens (including phenoxy) is 2. The molecule has 9 nitrogen and oxygen atoms in total. The van der Waals surface area contributed by atoms with E-state index in [-0.39, 0.29) is 11.9 Å². The number of carbonyl (C=O) groups is 1. The third kappa shape index (κ3) is 4.94. The minimum Gasteiger partial charge on any atom is -0.475 e. The van der Waals surface area contributed by atoms with Gasteiger partial charge in [0.15, 0.2) is 5.65 Å². The fourth-order valence-corrected chi connectivity index (χ4v) is 3.71. The lowest BCUT2D eigenvalue weighted by molar-refractivity contribution is 0.0952.